The molecule has 2 aliphatic carbocycles. The van der Waals surface area contributed by atoms with Crippen LogP contribution in [0, 0.1) is 0 Å². The Morgan fingerprint density at radius 1 is 0.220 bits per heavy atom. The minimum Gasteiger partial charge on any atom is -0.0776 e. The van der Waals surface area contributed by atoms with Gasteiger partial charge in [0, 0.05) is 0 Å². The summed E-state index contributed by atoms with van der Waals surface area (Å²) >= 11 is 0. The molecule has 4 aromatic rings. The Morgan fingerprint density at radius 2 is 0.366 bits per heavy atom. The monoisotopic (exact) mass is 573 g/mol. The second-order valence-corrected chi connectivity index (χ2v) is 6.93. The quantitative estimate of drug-likeness (QED) is 0.170. The first-order chi connectivity index (χ1) is 12.4. The molecule has 2 aliphatic rings. The lowest BCUT2D eigenvalue weighted by Gasteiger charge is -2.30. The highest BCUT2D eigenvalue weighted by Gasteiger charge is 2.51. The first-order valence-electron chi connectivity index (χ1n) is 8.81. The molecule has 0 unspecified atom stereocenters. The molecular weight excluding hydrogens is 492 g/mol. The number of fused-ring (bicyclic) bond motifs is 10. The van der Waals surface area contributed by atoms with Crippen molar-refractivity contribution < 1.29 is 0 Å². The van der Waals surface area contributed by atoms with Gasteiger partial charge in [-0.05, 0) is 44.5 Å². The summed E-state index contributed by atoms with van der Waals surface area (Å²) in [5.74, 6) is 0. The lowest BCUT2D eigenvalue weighted by atomic mass is 9.70. The van der Waals surface area contributed by atoms with E-state index in [9.17, 15) is 0 Å². The van der Waals surface area contributed by atoms with Crippen LogP contribution in [0.15, 0.2) is 97.1 Å². The Labute approximate surface area is 265 Å². The summed E-state index contributed by atoms with van der Waals surface area (Å²) in [6.07, 6.45) is 0. The van der Waals surface area contributed by atoms with Gasteiger partial charge in [-0.2, -0.15) is 0 Å². The maximum atomic E-state index is 2.31. The number of rotatable bonds is 0. The molecule has 0 nitrogen and oxygen atoms in total. The molecule has 0 amide bonds. The Balaban J connectivity index is -0.0000000625. The van der Waals surface area contributed by atoms with Crippen LogP contribution in [0.1, 0.15) is 141 Å². The van der Waals surface area contributed by atoms with Crippen LogP contribution >= 0.6 is 0 Å². The SMILES string of the molecule is C.C.C.C.C.C.C.C.C.C.C.C.C.C.C.C.c1ccc2c(c1)-c1ccccc1C21c2ccccc2-c2ccccc21. The molecule has 0 atom stereocenters. The molecule has 0 heterocycles. The predicted molar refractivity (Wildman–Crippen MR) is 210 cm³/mol. The zero-order chi connectivity index (χ0) is 16.4. The van der Waals surface area contributed by atoms with Crippen molar-refractivity contribution in [2.45, 2.75) is 124 Å². The summed E-state index contributed by atoms with van der Waals surface area (Å²) in [5, 5.41) is 0. The molecule has 0 N–H and O–H groups in total. The van der Waals surface area contributed by atoms with Gasteiger partial charge in [0.2, 0.25) is 0 Å². The van der Waals surface area contributed by atoms with E-state index in [1.807, 2.05) is 0 Å². The molecular formula is C41H80. The molecule has 41 heavy (non-hydrogen) atoms. The maximum absolute atomic E-state index is 2.31. The van der Waals surface area contributed by atoms with Crippen molar-refractivity contribution in [2.75, 3.05) is 0 Å². The fourth-order valence-electron chi connectivity index (χ4n) is 5.05. The van der Waals surface area contributed by atoms with Crippen molar-refractivity contribution in [3.63, 3.8) is 0 Å². The first-order valence-corrected chi connectivity index (χ1v) is 8.81. The third-order valence-electron chi connectivity index (χ3n) is 5.90. The Bertz CT molecular complexity index is 962. The summed E-state index contributed by atoms with van der Waals surface area (Å²) < 4.78 is 0. The standard InChI is InChI=1S/C25H16.16CH4/c1-5-13-21-17(9-1)18-10-2-6-14-22(18)25(21)23-15-7-3-11-19(23)20-12-4-8-16-24(20)25;;;;;;;;;;;;;;;;/h1-16H;16*1H4. The smallest absolute Gasteiger partial charge is 0.0725 e. The summed E-state index contributed by atoms with van der Waals surface area (Å²) in [5.41, 5.74) is 10.9. The van der Waals surface area contributed by atoms with Gasteiger partial charge in [-0.1, -0.05) is 216 Å². The normalized spacial score (nSPS) is 8.98. The third kappa shape index (κ3) is 8.45. The predicted octanol–water partition coefficient (Wildman–Crippen LogP) is 16.2. The van der Waals surface area contributed by atoms with Gasteiger partial charge in [0.05, 0.1) is 5.41 Å². The van der Waals surface area contributed by atoms with Gasteiger partial charge < -0.3 is 0 Å². The van der Waals surface area contributed by atoms with Crippen molar-refractivity contribution >= 4 is 0 Å². The topological polar surface area (TPSA) is 0 Å². The van der Waals surface area contributed by atoms with Crippen LogP contribution in [-0.2, 0) is 5.41 Å². The molecule has 0 fully saturated rings. The molecule has 0 heteroatoms. The second kappa shape index (κ2) is 25.8. The maximum Gasteiger partial charge on any atom is 0.0725 e. The van der Waals surface area contributed by atoms with Gasteiger partial charge in [0.1, 0.15) is 0 Å². The highest BCUT2D eigenvalue weighted by atomic mass is 14.5. The van der Waals surface area contributed by atoms with Crippen LogP contribution in [0.3, 0.4) is 0 Å². The van der Waals surface area contributed by atoms with Crippen molar-refractivity contribution in [1.29, 1.82) is 0 Å². The highest BCUT2D eigenvalue weighted by Crippen LogP contribution is 2.62. The molecule has 0 saturated carbocycles. The van der Waals surface area contributed by atoms with E-state index in [4.69, 9.17) is 0 Å². The lowest BCUT2D eigenvalue weighted by Crippen LogP contribution is -2.25. The van der Waals surface area contributed by atoms with E-state index in [-0.39, 0.29) is 124 Å². The highest BCUT2D eigenvalue weighted by molar-refractivity contribution is 5.94. The summed E-state index contributed by atoms with van der Waals surface area (Å²) in [7, 11) is 0. The van der Waals surface area contributed by atoms with E-state index >= 15 is 0 Å². The van der Waals surface area contributed by atoms with Crippen LogP contribution < -0.4 is 0 Å². The summed E-state index contributed by atoms with van der Waals surface area (Å²) in [6, 6.07) is 35.7. The van der Waals surface area contributed by atoms with E-state index in [1.54, 1.807) is 0 Å². The second-order valence-electron chi connectivity index (χ2n) is 6.93. The molecule has 1 spiro atoms. The zero-order valence-corrected chi connectivity index (χ0v) is 13.7. The minimum atomic E-state index is -0.180. The van der Waals surface area contributed by atoms with Crippen molar-refractivity contribution in [1.82, 2.24) is 0 Å². The average Bonchev–Trinajstić information content (AvgIpc) is 3.16. The first kappa shape index (κ1) is 71.3. The average molecular weight is 573 g/mol. The van der Waals surface area contributed by atoms with E-state index in [0.717, 1.165) is 0 Å². The Kier molecular flexibility index (Phi) is 44.9. The summed E-state index contributed by atoms with van der Waals surface area (Å²) in [4.78, 5) is 0. The fraction of sp³-hybridized carbons (Fsp3) is 0.415. The Morgan fingerprint density at radius 3 is 0.537 bits per heavy atom. The van der Waals surface area contributed by atoms with Gasteiger partial charge in [0.25, 0.3) is 0 Å². The molecule has 0 saturated heterocycles. The largest absolute Gasteiger partial charge is 0.0776 e. The minimum absolute atomic E-state index is 0. The number of benzene rings is 4. The van der Waals surface area contributed by atoms with Crippen molar-refractivity contribution in [3.05, 3.63) is 119 Å². The number of hydrogen-bond donors (Lipinski definition) is 0. The van der Waals surface area contributed by atoms with Gasteiger partial charge in [-0.25, -0.2) is 0 Å². The van der Waals surface area contributed by atoms with Crippen molar-refractivity contribution in [2.24, 2.45) is 0 Å². The van der Waals surface area contributed by atoms with Crippen LogP contribution in [0.5, 0.6) is 0 Å². The van der Waals surface area contributed by atoms with Gasteiger partial charge in [-0.3, -0.25) is 0 Å². The zero-order valence-electron chi connectivity index (χ0n) is 13.7. The van der Waals surface area contributed by atoms with Gasteiger partial charge in [0.15, 0.2) is 0 Å². The fourth-order valence-corrected chi connectivity index (χ4v) is 5.05. The van der Waals surface area contributed by atoms with Crippen LogP contribution in [-0.4, -0.2) is 0 Å². The lowest BCUT2D eigenvalue weighted by molar-refractivity contribution is 0.794. The van der Waals surface area contributed by atoms with E-state index < -0.39 is 0 Å². The Hall–Kier alpha value is -3.12. The molecule has 4 aromatic carbocycles. The van der Waals surface area contributed by atoms with Crippen molar-refractivity contribution in [3.8, 4) is 22.3 Å². The molecule has 6 rings (SSSR count). The molecule has 0 bridgehead atoms. The van der Waals surface area contributed by atoms with E-state index in [0.29, 0.717) is 0 Å². The molecule has 0 radical (unpaired) electrons. The van der Waals surface area contributed by atoms with E-state index in [1.165, 1.54) is 44.5 Å². The van der Waals surface area contributed by atoms with Crippen LogP contribution in [0.4, 0.5) is 0 Å². The van der Waals surface area contributed by atoms with Crippen LogP contribution in [0.2, 0.25) is 0 Å². The van der Waals surface area contributed by atoms with Crippen LogP contribution in [0.25, 0.3) is 22.3 Å². The number of hydrogen-bond acceptors (Lipinski definition) is 0. The summed E-state index contributed by atoms with van der Waals surface area (Å²) in [6.45, 7) is 0. The molecule has 0 aromatic heterocycles. The molecule has 244 valence electrons. The van der Waals surface area contributed by atoms with Gasteiger partial charge >= 0.3 is 0 Å². The molecule has 0 aliphatic heterocycles. The third-order valence-corrected chi connectivity index (χ3v) is 5.90. The van der Waals surface area contributed by atoms with Gasteiger partial charge in [-0.15, -0.1) is 0 Å². The van der Waals surface area contributed by atoms with E-state index in [2.05, 4.69) is 97.1 Å².